The molecule has 1 heterocycles. The third-order valence-electron chi connectivity index (χ3n) is 1.64. The molecule has 1 nitrogen and oxygen atoms in total. The van der Waals surface area contributed by atoms with E-state index in [0.717, 1.165) is 16.5 Å². The molecule has 1 aromatic carbocycles. The van der Waals surface area contributed by atoms with Crippen molar-refractivity contribution in [3.8, 4) is 0 Å². The van der Waals surface area contributed by atoms with E-state index in [1.165, 1.54) is 8.41 Å². The second kappa shape index (κ2) is 4.54. The predicted octanol–water partition coefficient (Wildman–Crippen LogP) is 3.29. The molecule has 72 valence electrons. The predicted molar refractivity (Wildman–Crippen MR) is 65.9 cm³/mol. The van der Waals surface area contributed by atoms with Gasteiger partial charge < -0.3 is 0 Å². The van der Waals surface area contributed by atoms with Gasteiger partial charge in [-0.05, 0) is 0 Å². The number of benzene rings is 1. The Balaban J connectivity index is 2.17. The zero-order chi connectivity index (χ0) is 9.97. The van der Waals surface area contributed by atoms with E-state index in [4.69, 9.17) is 11.6 Å². The van der Waals surface area contributed by atoms with Crippen LogP contribution in [0.15, 0.2) is 40.3 Å². The first-order chi connectivity index (χ1) is 6.74. The van der Waals surface area contributed by atoms with Gasteiger partial charge in [-0.3, -0.25) is 0 Å². The second-order valence-electron chi connectivity index (χ2n) is 2.78. The van der Waals surface area contributed by atoms with E-state index in [1.54, 1.807) is 11.8 Å². The van der Waals surface area contributed by atoms with Crippen LogP contribution in [0.5, 0.6) is 0 Å². The maximum atomic E-state index is 5.79. The van der Waals surface area contributed by atoms with Crippen LogP contribution in [0.2, 0.25) is 5.02 Å². The van der Waals surface area contributed by atoms with Gasteiger partial charge in [0.25, 0.3) is 0 Å². The molecule has 0 spiro atoms. The fourth-order valence-corrected chi connectivity index (χ4v) is 4.63. The molecule has 1 fully saturated rings. The zero-order valence-corrected chi connectivity index (χ0v) is 10.7. The van der Waals surface area contributed by atoms with Gasteiger partial charge in [-0.1, -0.05) is 0 Å². The molecule has 1 aliphatic rings. The van der Waals surface area contributed by atoms with Crippen LogP contribution >= 0.6 is 23.4 Å². The van der Waals surface area contributed by atoms with E-state index in [0.29, 0.717) is 15.0 Å². The average molecular weight is 289 g/mol. The molecule has 0 unspecified atom stereocenters. The molecule has 0 amide bonds. The van der Waals surface area contributed by atoms with Crippen LogP contribution in [0.4, 0.5) is 5.69 Å². The Morgan fingerprint density at radius 3 is 2.64 bits per heavy atom. The quantitative estimate of drug-likeness (QED) is 0.722. The molecule has 0 saturated carbocycles. The number of hydrogen-bond acceptors (Lipinski definition) is 2. The van der Waals surface area contributed by atoms with E-state index < -0.39 is 0 Å². The molecule has 1 saturated heterocycles. The van der Waals surface area contributed by atoms with E-state index in [2.05, 4.69) is 11.6 Å². The topological polar surface area (TPSA) is 12.4 Å². The summed E-state index contributed by atoms with van der Waals surface area (Å²) in [4.78, 5) is 4.54. The summed E-state index contributed by atoms with van der Waals surface area (Å²) in [6.07, 6.45) is 0. The number of aliphatic imine (C=N–C) groups is 1. The summed E-state index contributed by atoms with van der Waals surface area (Å²) in [7, 11) is 0. The van der Waals surface area contributed by atoms with E-state index >= 15 is 0 Å². The summed E-state index contributed by atoms with van der Waals surface area (Å²) in [6.45, 7) is 3.97. The van der Waals surface area contributed by atoms with Crippen molar-refractivity contribution in [3.63, 3.8) is 0 Å². The van der Waals surface area contributed by atoms with Gasteiger partial charge >= 0.3 is 99.0 Å². The summed E-state index contributed by atoms with van der Waals surface area (Å²) in [5.41, 5.74) is 0.980. The van der Waals surface area contributed by atoms with Crippen molar-refractivity contribution in [2.45, 2.75) is 0 Å². The minimum atomic E-state index is 0.379. The van der Waals surface area contributed by atoms with Gasteiger partial charge in [0.1, 0.15) is 0 Å². The van der Waals surface area contributed by atoms with E-state index in [9.17, 15) is 0 Å². The van der Waals surface area contributed by atoms with Crippen LogP contribution in [-0.4, -0.2) is 24.7 Å². The molecule has 0 aromatic heterocycles. The normalized spacial score (nSPS) is 19.2. The number of thioether (sulfide) groups is 1. The van der Waals surface area contributed by atoms with Crippen LogP contribution in [0.3, 0.4) is 0 Å². The average Bonchev–Trinajstić information content (AvgIpc) is 2.56. The number of nitrogens with zero attached hydrogens (tertiary/aromatic N) is 1. The molecule has 0 bridgehead atoms. The van der Waals surface area contributed by atoms with Gasteiger partial charge in [-0.15, -0.1) is 0 Å². The number of hydrogen-bond donors (Lipinski definition) is 0. The van der Waals surface area contributed by atoms with Crippen LogP contribution in [0.1, 0.15) is 0 Å². The summed E-state index contributed by atoms with van der Waals surface area (Å²) in [6, 6.07) is 7.60. The minimum absolute atomic E-state index is 0.379. The Hall–Kier alpha value is -0.211. The van der Waals surface area contributed by atoms with Crippen molar-refractivity contribution < 1.29 is 0 Å². The van der Waals surface area contributed by atoms with Gasteiger partial charge in [0.2, 0.25) is 0 Å². The van der Waals surface area contributed by atoms with Crippen LogP contribution in [-0.2, 0) is 0 Å². The number of rotatable bonds is 1. The van der Waals surface area contributed by atoms with Crippen LogP contribution in [0.25, 0.3) is 0 Å². The fourth-order valence-electron chi connectivity index (χ4n) is 1.00. The van der Waals surface area contributed by atoms with E-state index in [-0.39, 0.29) is 0 Å². The van der Waals surface area contributed by atoms with Crippen LogP contribution < -0.4 is 0 Å². The Morgan fingerprint density at radius 2 is 2.07 bits per heavy atom. The SMILES string of the molecule is C=C1CSC(=Nc2ccc(Cl)cc2)[Se]1. The molecule has 1 aromatic rings. The Kier molecular flexibility index (Phi) is 3.34. The molecule has 4 heteroatoms. The first-order valence-corrected chi connectivity index (χ1v) is 7.14. The van der Waals surface area contributed by atoms with Crippen molar-refractivity contribution >= 4 is 47.9 Å². The van der Waals surface area contributed by atoms with Gasteiger partial charge in [0, 0.05) is 0 Å². The summed E-state index contributed by atoms with van der Waals surface area (Å²) in [5, 5.41) is 0.753. The molecule has 0 radical (unpaired) electrons. The Bertz CT molecular complexity index is 386. The van der Waals surface area contributed by atoms with Crippen molar-refractivity contribution in [2.75, 3.05) is 5.75 Å². The van der Waals surface area contributed by atoms with Gasteiger partial charge in [0.05, 0.1) is 0 Å². The third kappa shape index (κ3) is 2.64. The van der Waals surface area contributed by atoms with Crippen molar-refractivity contribution in [1.82, 2.24) is 0 Å². The van der Waals surface area contributed by atoms with Gasteiger partial charge in [0.15, 0.2) is 0 Å². The van der Waals surface area contributed by atoms with Crippen molar-refractivity contribution in [2.24, 2.45) is 4.99 Å². The Labute approximate surface area is 98.8 Å². The molecule has 0 N–H and O–H groups in total. The fraction of sp³-hybridized carbons (Fsp3) is 0.100. The first kappa shape index (κ1) is 10.3. The third-order valence-corrected chi connectivity index (χ3v) is 5.77. The molecular weight excluding hydrogens is 281 g/mol. The van der Waals surface area contributed by atoms with Crippen molar-refractivity contribution in [1.29, 1.82) is 0 Å². The van der Waals surface area contributed by atoms with Crippen molar-refractivity contribution in [3.05, 3.63) is 40.3 Å². The molecule has 0 atom stereocenters. The maximum absolute atomic E-state index is 5.79. The van der Waals surface area contributed by atoms with Crippen LogP contribution in [0, 0.1) is 0 Å². The van der Waals surface area contributed by atoms with Gasteiger partial charge in [-0.2, -0.15) is 0 Å². The second-order valence-corrected chi connectivity index (χ2v) is 7.22. The summed E-state index contributed by atoms with van der Waals surface area (Å²) >= 11 is 7.96. The molecule has 2 rings (SSSR count). The molecule has 1 aliphatic heterocycles. The summed E-state index contributed by atoms with van der Waals surface area (Å²) in [5.74, 6) is 1.03. The molecule has 0 aliphatic carbocycles. The van der Waals surface area contributed by atoms with Gasteiger partial charge in [-0.25, -0.2) is 0 Å². The zero-order valence-electron chi connectivity index (χ0n) is 7.37. The number of halogens is 1. The monoisotopic (exact) mass is 289 g/mol. The Morgan fingerprint density at radius 1 is 1.36 bits per heavy atom. The first-order valence-electron chi connectivity index (χ1n) is 4.07. The summed E-state index contributed by atoms with van der Waals surface area (Å²) < 4.78 is 2.53. The molecule has 14 heavy (non-hydrogen) atoms. The van der Waals surface area contributed by atoms with E-state index in [1.807, 2.05) is 24.3 Å². The standard InChI is InChI=1S/C10H8ClNSSe/c1-7-6-13-10(14-7)12-9-4-2-8(11)3-5-9/h2-5H,1,6H2. The molecular formula is C10H8ClNSSe.